The van der Waals surface area contributed by atoms with E-state index in [1.807, 2.05) is 41.0 Å². The SMILES string of the molecule is Cc1nn(Cc2ccc(Cl)cc2)c(Cl)c1C=CC(=O)N1CCC(C(=O)N2CCCC2)CC1. The molecular formula is C24H28Cl2N4O2. The number of carbonyl (C=O) groups is 2. The van der Waals surface area contributed by atoms with E-state index in [-0.39, 0.29) is 17.7 Å². The van der Waals surface area contributed by atoms with E-state index in [1.165, 1.54) is 0 Å². The molecule has 0 spiro atoms. The Morgan fingerprint density at radius 2 is 1.69 bits per heavy atom. The molecule has 2 saturated heterocycles. The van der Waals surface area contributed by atoms with E-state index in [0.717, 1.165) is 55.6 Å². The fourth-order valence-electron chi connectivity index (χ4n) is 4.43. The summed E-state index contributed by atoms with van der Waals surface area (Å²) in [6.07, 6.45) is 6.97. The lowest BCUT2D eigenvalue weighted by molar-refractivity contribution is -0.138. The lowest BCUT2D eigenvalue weighted by Crippen LogP contribution is -2.43. The fraction of sp³-hybridized carbons (Fsp3) is 0.458. The highest BCUT2D eigenvalue weighted by Gasteiger charge is 2.30. The normalized spacial score (nSPS) is 17.5. The molecule has 0 unspecified atom stereocenters. The molecule has 170 valence electrons. The van der Waals surface area contributed by atoms with Crippen LogP contribution in [0.2, 0.25) is 10.2 Å². The second-order valence-corrected chi connectivity index (χ2v) is 9.33. The van der Waals surface area contributed by atoms with Gasteiger partial charge in [-0.3, -0.25) is 9.59 Å². The molecule has 0 N–H and O–H groups in total. The van der Waals surface area contributed by atoms with Gasteiger partial charge in [0.25, 0.3) is 0 Å². The minimum Gasteiger partial charge on any atom is -0.342 e. The summed E-state index contributed by atoms with van der Waals surface area (Å²) in [5, 5.41) is 5.70. The van der Waals surface area contributed by atoms with Gasteiger partial charge >= 0.3 is 0 Å². The van der Waals surface area contributed by atoms with Crippen molar-refractivity contribution < 1.29 is 9.59 Å². The molecule has 0 aliphatic carbocycles. The molecule has 6 nitrogen and oxygen atoms in total. The highest BCUT2D eigenvalue weighted by atomic mass is 35.5. The average Bonchev–Trinajstić information content (AvgIpc) is 3.42. The molecule has 0 bridgehead atoms. The van der Waals surface area contributed by atoms with Crippen molar-refractivity contribution in [2.24, 2.45) is 5.92 Å². The Kier molecular flexibility index (Phi) is 7.21. The molecule has 2 amide bonds. The molecule has 32 heavy (non-hydrogen) atoms. The Balaban J connectivity index is 1.35. The zero-order valence-corrected chi connectivity index (χ0v) is 19.8. The Morgan fingerprint density at radius 1 is 1.03 bits per heavy atom. The van der Waals surface area contributed by atoms with Gasteiger partial charge in [0, 0.05) is 48.8 Å². The molecular weight excluding hydrogens is 447 g/mol. The molecule has 1 aromatic heterocycles. The van der Waals surface area contributed by atoms with Crippen molar-refractivity contribution in [3.05, 3.63) is 57.3 Å². The summed E-state index contributed by atoms with van der Waals surface area (Å²) in [6, 6.07) is 7.55. The predicted molar refractivity (Wildman–Crippen MR) is 127 cm³/mol. The van der Waals surface area contributed by atoms with Crippen molar-refractivity contribution in [3.8, 4) is 0 Å². The number of piperidine rings is 1. The molecule has 2 aromatic rings. The lowest BCUT2D eigenvalue weighted by atomic mass is 9.95. The second-order valence-electron chi connectivity index (χ2n) is 8.54. The van der Waals surface area contributed by atoms with Gasteiger partial charge < -0.3 is 9.80 Å². The van der Waals surface area contributed by atoms with Gasteiger partial charge in [0.05, 0.1) is 12.2 Å². The van der Waals surface area contributed by atoms with Gasteiger partial charge in [0.15, 0.2) is 0 Å². The summed E-state index contributed by atoms with van der Waals surface area (Å²) in [5.41, 5.74) is 2.55. The number of carbonyl (C=O) groups excluding carboxylic acids is 2. The van der Waals surface area contributed by atoms with Crippen molar-refractivity contribution >= 4 is 41.1 Å². The average molecular weight is 475 g/mol. The third-order valence-electron chi connectivity index (χ3n) is 6.32. The second kappa shape index (κ2) is 10.1. The first-order chi connectivity index (χ1) is 15.4. The van der Waals surface area contributed by atoms with Crippen LogP contribution in [0.25, 0.3) is 6.08 Å². The van der Waals surface area contributed by atoms with Gasteiger partial charge in [0.1, 0.15) is 5.15 Å². The standard InChI is InChI=1S/C24H28Cl2N4O2/c1-17-21(23(26)30(27-17)16-18-4-6-20(25)7-5-18)8-9-22(31)28-14-10-19(11-15-28)24(32)29-12-2-3-13-29/h4-9,19H,2-3,10-16H2,1H3. The molecule has 8 heteroatoms. The molecule has 1 aromatic carbocycles. The van der Waals surface area contributed by atoms with Crippen LogP contribution < -0.4 is 0 Å². The zero-order chi connectivity index (χ0) is 22.7. The summed E-state index contributed by atoms with van der Waals surface area (Å²) < 4.78 is 1.72. The summed E-state index contributed by atoms with van der Waals surface area (Å²) in [7, 11) is 0. The van der Waals surface area contributed by atoms with Crippen LogP contribution in [-0.2, 0) is 16.1 Å². The smallest absolute Gasteiger partial charge is 0.246 e. The molecule has 0 radical (unpaired) electrons. The van der Waals surface area contributed by atoms with Gasteiger partial charge in [-0.05, 0) is 56.4 Å². The van der Waals surface area contributed by atoms with Crippen LogP contribution in [0.15, 0.2) is 30.3 Å². The Bertz CT molecular complexity index is 1000. The first kappa shape index (κ1) is 22.9. The largest absolute Gasteiger partial charge is 0.342 e. The van der Waals surface area contributed by atoms with Crippen molar-refractivity contribution in [2.45, 2.75) is 39.2 Å². The van der Waals surface area contributed by atoms with Gasteiger partial charge in [-0.15, -0.1) is 0 Å². The third-order valence-corrected chi connectivity index (χ3v) is 6.97. The van der Waals surface area contributed by atoms with Gasteiger partial charge in [-0.1, -0.05) is 35.3 Å². The van der Waals surface area contributed by atoms with E-state index >= 15 is 0 Å². The molecule has 0 saturated carbocycles. The Hall–Kier alpha value is -2.31. The molecule has 2 fully saturated rings. The van der Waals surface area contributed by atoms with Crippen molar-refractivity contribution in [1.29, 1.82) is 0 Å². The minimum absolute atomic E-state index is 0.0453. The maximum absolute atomic E-state index is 12.7. The monoisotopic (exact) mass is 474 g/mol. The number of amides is 2. The number of hydrogen-bond acceptors (Lipinski definition) is 3. The number of hydrogen-bond donors (Lipinski definition) is 0. The predicted octanol–water partition coefficient (Wildman–Crippen LogP) is 4.42. The van der Waals surface area contributed by atoms with Crippen molar-refractivity contribution in [2.75, 3.05) is 26.2 Å². The van der Waals surface area contributed by atoms with E-state index in [4.69, 9.17) is 23.2 Å². The van der Waals surface area contributed by atoms with Crippen molar-refractivity contribution in [3.63, 3.8) is 0 Å². The van der Waals surface area contributed by atoms with Crippen molar-refractivity contribution in [1.82, 2.24) is 19.6 Å². The number of halogens is 2. The molecule has 4 rings (SSSR count). The first-order valence-electron chi connectivity index (χ1n) is 11.2. The maximum atomic E-state index is 12.7. The summed E-state index contributed by atoms with van der Waals surface area (Å²) >= 11 is 12.5. The number of rotatable bonds is 5. The van der Waals surface area contributed by atoms with E-state index in [0.29, 0.717) is 29.8 Å². The van der Waals surface area contributed by atoms with Crippen LogP contribution in [0.5, 0.6) is 0 Å². The summed E-state index contributed by atoms with van der Waals surface area (Å²) in [5.74, 6) is 0.252. The van der Waals surface area contributed by atoms with Gasteiger partial charge in [-0.25, -0.2) is 4.68 Å². The minimum atomic E-state index is -0.0574. The van der Waals surface area contributed by atoms with Crippen LogP contribution in [0.3, 0.4) is 0 Å². The fourth-order valence-corrected chi connectivity index (χ4v) is 4.85. The van der Waals surface area contributed by atoms with E-state index in [1.54, 1.807) is 16.8 Å². The number of benzene rings is 1. The Morgan fingerprint density at radius 3 is 2.34 bits per heavy atom. The Labute approximate surface area is 198 Å². The topological polar surface area (TPSA) is 58.4 Å². The van der Waals surface area contributed by atoms with Gasteiger partial charge in [-0.2, -0.15) is 5.10 Å². The highest BCUT2D eigenvalue weighted by molar-refractivity contribution is 6.31. The van der Waals surface area contributed by atoms with Crippen LogP contribution in [-0.4, -0.2) is 57.6 Å². The zero-order valence-electron chi connectivity index (χ0n) is 18.3. The van der Waals surface area contributed by atoms with E-state index < -0.39 is 0 Å². The maximum Gasteiger partial charge on any atom is 0.246 e. The van der Waals surface area contributed by atoms with Crippen LogP contribution in [0, 0.1) is 12.8 Å². The van der Waals surface area contributed by atoms with Crippen LogP contribution in [0.1, 0.15) is 42.5 Å². The van der Waals surface area contributed by atoms with E-state index in [2.05, 4.69) is 5.10 Å². The highest BCUT2D eigenvalue weighted by Crippen LogP contribution is 2.25. The molecule has 0 atom stereocenters. The molecule has 2 aliphatic rings. The van der Waals surface area contributed by atoms with Crippen LogP contribution >= 0.6 is 23.2 Å². The number of aromatic nitrogens is 2. The van der Waals surface area contributed by atoms with Gasteiger partial charge in [0.2, 0.25) is 11.8 Å². The lowest BCUT2D eigenvalue weighted by Gasteiger charge is -2.32. The third kappa shape index (κ3) is 5.18. The number of likely N-dealkylation sites (tertiary alicyclic amines) is 2. The quantitative estimate of drug-likeness (QED) is 0.602. The molecule has 2 aliphatic heterocycles. The van der Waals surface area contributed by atoms with Crippen LogP contribution in [0.4, 0.5) is 0 Å². The number of nitrogens with zero attached hydrogens (tertiary/aromatic N) is 4. The summed E-state index contributed by atoms with van der Waals surface area (Å²) in [6.45, 7) is 5.38. The first-order valence-corrected chi connectivity index (χ1v) is 11.9. The van der Waals surface area contributed by atoms with E-state index in [9.17, 15) is 9.59 Å². The summed E-state index contributed by atoms with van der Waals surface area (Å²) in [4.78, 5) is 29.1. The number of aryl methyl sites for hydroxylation is 1. The molecule has 3 heterocycles.